The summed E-state index contributed by atoms with van der Waals surface area (Å²) in [5.41, 5.74) is 0.363. The lowest BCUT2D eigenvalue weighted by Crippen LogP contribution is -2.50. The van der Waals surface area contributed by atoms with Gasteiger partial charge in [-0.15, -0.1) is 0 Å². The molecule has 0 aliphatic carbocycles. The number of aromatic nitrogens is 1. The van der Waals surface area contributed by atoms with E-state index >= 15 is 0 Å². The van der Waals surface area contributed by atoms with Crippen LogP contribution in [0.1, 0.15) is 51.0 Å². The summed E-state index contributed by atoms with van der Waals surface area (Å²) < 4.78 is 32.6. The van der Waals surface area contributed by atoms with Crippen LogP contribution < -0.4 is 5.32 Å². The molecule has 9 heteroatoms. The number of hydrogen-bond acceptors (Lipinski definition) is 6. The van der Waals surface area contributed by atoms with Crippen molar-refractivity contribution in [2.24, 2.45) is 11.8 Å². The van der Waals surface area contributed by atoms with E-state index in [4.69, 9.17) is 4.52 Å². The smallest absolute Gasteiger partial charge is 0.248 e. The van der Waals surface area contributed by atoms with Gasteiger partial charge in [0.15, 0.2) is 5.76 Å². The Morgan fingerprint density at radius 3 is 2.48 bits per heavy atom. The molecule has 29 heavy (non-hydrogen) atoms. The van der Waals surface area contributed by atoms with E-state index in [1.54, 1.807) is 13.8 Å². The van der Waals surface area contributed by atoms with Crippen molar-refractivity contribution in [2.75, 3.05) is 32.7 Å². The van der Waals surface area contributed by atoms with Crippen LogP contribution in [0.15, 0.2) is 9.42 Å². The highest BCUT2D eigenvalue weighted by Gasteiger charge is 2.37. The van der Waals surface area contributed by atoms with E-state index in [2.05, 4.69) is 29.2 Å². The van der Waals surface area contributed by atoms with E-state index in [0.717, 1.165) is 32.5 Å². The number of carbonyl (C=O) groups excluding carboxylic acids is 1. The quantitative estimate of drug-likeness (QED) is 0.747. The fourth-order valence-corrected chi connectivity index (χ4v) is 6.26. The molecule has 1 unspecified atom stereocenters. The fourth-order valence-electron chi connectivity index (χ4n) is 4.44. The molecule has 1 aromatic heterocycles. The van der Waals surface area contributed by atoms with Crippen LogP contribution in [0.25, 0.3) is 0 Å². The second kappa shape index (κ2) is 9.14. The Balaban J connectivity index is 1.58. The summed E-state index contributed by atoms with van der Waals surface area (Å²) in [5, 5.41) is 6.94. The van der Waals surface area contributed by atoms with E-state index in [0.29, 0.717) is 36.8 Å². The predicted molar refractivity (Wildman–Crippen MR) is 110 cm³/mol. The van der Waals surface area contributed by atoms with Crippen LogP contribution in [-0.4, -0.2) is 67.5 Å². The summed E-state index contributed by atoms with van der Waals surface area (Å²) in [7, 11) is -3.71. The number of aryl methyl sites for hydroxylation is 2. The molecule has 1 aromatic rings. The van der Waals surface area contributed by atoms with Crippen molar-refractivity contribution < 1.29 is 17.7 Å². The van der Waals surface area contributed by atoms with Gasteiger partial charge in [0.1, 0.15) is 10.6 Å². The molecule has 2 aliphatic rings. The first-order chi connectivity index (χ1) is 13.7. The van der Waals surface area contributed by atoms with E-state index in [9.17, 15) is 13.2 Å². The van der Waals surface area contributed by atoms with Crippen molar-refractivity contribution in [3.63, 3.8) is 0 Å². The first kappa shape index (κ1) is 22.2. The van der Waals surface area contributed by atoms with Gasteiger partial charge in [-0.3, -0.25) is 4.79 Å². The SMILES string of the molecule is Cc1noc(C)c1S(=O)(=O)N1CCCC(C(=O)NC2CCN(CC(C)C)CC2)C1. The van der Waals surface area contributed by atoms with Crippen LogP contribution in [0.5, 0.6) is 0 Å². The molecule has 0 aromatic carbocycles. The maximum atomic E-state index is 13.1. The summed E-state index contributed by atoms with van der Waals surface area (Å²) >= 11 is 0. The van der Waals surface area contributed by atoms with Gasteiger partial charge in [0.2, 0.25) is 15.9 Å². The standard InChI is InChI=1S/C20H34N4O4S/c1-14(2)12-23-10-7-18(8-11-23)21-20(25)17-6-5-9-24(13-17)29(26,27)19-15(3)22-28-16(19)4/h14,17-18H,5-13H2,1-4H3,(H,21,25). The van der Waals surface area contributed by atoms with Crippen LogP contribution in [0.3, 0.4) is 0 Å². The zero-order chi connectivity index (χ0) is 21.2. The molecule has 164 valence electrons. The second-order valence-corrected chi connectivity index (χ2v) is 10.7. The molecule has 2 aliphatic heterocycles. The molecule has 1 atom stereocenters. The van der Waals surface area contributed by atoms with Crippen molar-refractivity contribution >= 4 is 15.9 Å². The minimum absolute atomic E-state index is 0.0222. The molecule has 0 bridgehead atoms. The fraction of sp³-hybridized carbons (Fsp3) is 0.800. The topological polar surface area (TPSA) is 95.8 Å². The van der Waals surface area contributed by atoms with Gasteiger partial charge in [-0.05, 0) is 45.4 Å². The number of sulfonamides is 1. The Hall–Kier alpha value is -1.45. The van der Waals surface area contributed by atoms with Crippen molar-refractivity contribution in [3.05, 3.63) is 11.5 Å². The van der Waals surface area contributed by atoms with E-state index in [-0.39, 0.29) is 29.3 Å². The number of rotatable bonds is 6. The highest BCUT2D eigenvalue weighted by atomic mass is 32.2. The lowest BCUT2D eigenvalue weighted by molar-refractivity contribution is -0.127. The largest absolute Gasteiger partial charge is 0.360 e. The number of nitrogens with zero attached hydrogens (tertiary/aromatic N) is 3. The molecule has 1 N–H and O–H groups in total. The van der Waals surface area contributed by atoms with Crippen molar-refractivity contribution in [3.8, 4) is 0 Å². The Labute approximate surface area is 174 Å². The monoisotopic (exact) mass is 426 g/mol. The highest BCUT2D eigenvalue weighted by molar-refractivity contribution is 7.89. The van der Waals surface area contributed by atoms with E-state index < -0.39 is 10.0 Å². The summed E-state index contributed by atoms with van der Waals surface area (Å²) in [6.45, 7) is 11.4. The first-order valence-electron chi connectivity index (χ1n) is 10.6. The summed E-state index contributed by atoms with van der Waals surface area (Å²) in [5.74, 6) is 0.606. The van der Waals surface area contributed by atoms with Gasteiger partial charge in [0.25, 0.3) is 0 Å². The number of likely N-dealkylation sites (tertiary alicyclic amines) is 1. The first-order valence-corrected chi connectivity index (χ1v) is 12.1. The van der Waals surface area contributed by atoms with Gasteiger partial charge >= 0.3 is 0 Å². The third-order valence-electron chi connectivity index (χ3n) is 5.88. The normalized spacial score (nSPS) is 22.9. The molecule has 2 saturated heterocycles. The third kappa shape index (κ3) is 5.19. The molecule has 2 fully saturated rings. The number of amides is 1. The van der Waals surface area contributed by atoms with Gasteiger partial charge in [0.05, 0.1) is 5.92 Å². The Bertz CT molecular complexity index is 793. The average Bonchev–Trinajstić information content (AvgIpc) is 3.02. The van der Waals surface area contributed by atoms with Crippen LogP contribution in [0.4, 0.5) is 0 Å². The Kier molecular flexibility index (Phi) is 7.01. The lowest BCUT2D eigenvalue weighted by atomic mass is 9.97. The van der Waals surface area contributed by atoms with Crippen molar-refractivity contribution in [2.45, 2.75) is 64.3 Å². The Morgan fingerprint density at radius 1 is 1.21 bits per heavy atom. The molecule has 0 saturated carbocycles. The van der Waals surface area contributed by atoms with E-state index in [1.165, 1.54) is 4.31 Å². The Morgan fingerprint density at radius 2 is 1.90 bits per heavy atom. The molecular weight excluding hydrogens is 392 g/mol. The zero-order valence-corrected chi connectivity index (χ0v) is 18.8. The molecule has 0 radical (unpaired) electrons. The molecular formula is C20H34N4O4S. The minimum atomic E-state index is -3.71. The molecule has 8 nitrogen and oxygen atoms in total. The minimum Gasteiger partial charge on any atom is -0.360 e. The number of hydrogen-bond donors (Lipinski definition) is 1. The van der Waals surface area contributed by atoms with Crippen molar-refractivity contribution in [1.29, 1.82) is 0 Å². The van der Waals surface area contributed by atoms with Crippen LogP contribution in [0.2, 0.25) is 0 Å². The molecule has 3 rings (SSSR count). The second-order valence-electron chi connectivity index (χ2n) is 8.83. The lowest BCUT2D eigenvalue weighted by Gasteiger charge is -2.35. The number of piperidine rings is 2. The van der Waals surface area contributed by atoms with Gasteiger partial charge in [-0.2, -0.15) is 4.31 Å². The van der Waals surface area contributed by atoms with Gasteiger partial charge in [-0.25, -0.2) is 8.42 Å². The maximum Gasteiger partial charge on any atom is 0.248 e. The summed E-state index contributed by atoms with van der Waals surface area (Å²) in [6, 6.07) is 0.181. The maximum absolute atomic E-state index is 13.1. The van der Waals surface area contributed by atoms with E-state index in [1.807, 2.05) is 0 Å². The average molecular weight is 427 g/mol. The zero-order valence-electron chi connectivity index (χ0n) is 18.0. The highest BCUT2D eigenvalue weighted by Crippen LogP contribution is 2.28. The predicted octanol–water partition coefficient (Wildman–Crippen LogP) is 1.93. The third-order valence-corrected chi connectivity index (χ3v) is 7.99. The van der Waals surface area contributed by atoms with Gasteiger partial charge in [0, 0.05) is 38.8 Å². The van der Waals surface area contributed by atoms with Gasteiger partial charge < -0.3 is 14.7 Å². The summed E-state index contributed by atoms with van der Waals surface area (Å²) in [4.78, 5) is 15.4. The number of carbonyl (C=O) groups is 1. The number of nitrogens with one attached hydrogen (secondary N) is 1. The van der Waals surface area contributed by atoms with Crippen LogP contribution in [-0.2, 0) is 14.8 Å². The molecule has 3 heterocycles. The van der Waals surface area contributed by atoms with Crippen LogP contribution >= 0.6 is 0 Å². The van der Waals surface area contributed by atoms with Gasteiger partial charge in [-0.1, -0.05) is 19.0 Å². The van der Waals surface area contributed by atoms with Crippen LogP contribution in [0, 0.1) is 25.7 Å². The van der Waals surface area contributed by atoms with Crippen molar-refractivity contribution in [1.82, 2.24) is 19.7 Å². The molecule has 1 amide bonds. The molecule has 0 spiro atoms. The summed E-state index contributed by atoms with van der Waals surface area (Å²) in [6.07, 6.45) is 3.29.